The summed E-state index contributed by atoms with van der Waals surface area (Å²) in [5.74, 6) is -0.205. The minimum absolute atomic E-state index is 0.304. The first-order valence-electron chi connectivity index (χ1n) is 3.82. The second kappa shape index (κ2) is 6.21. The van der Waals surface area contributed by atoms with E-state index in [0.29, 0.717) is 5.75 Å². The summed E-state index contributed by atoms with van der Waals surface area (Å²) in [5, 5.41) is 0. The van der Waals surface area contributed by atoms with Crippen LogP contribution in [-0.2, 0) is 14.2 Å². The minimum atomic E-state index is -0.691. The lowest BCUT2D eigenvalue weighted by atomic mass is 10.3. The van der Waals surface area contributed by atoms with E-state index in [9.17, 15) is 0 Å². The average molecular weight is 204 g/mol. The number of hydrogen-bond acceptors (Lipinski definition) is 4. The zero-order chi connectivity index (χ0) is 10.3. The largest absolute Gasteiger partial charge is 0.352 e. The molecule has 0 saturated heterocycles. The van der Waals surface area contributed by atoms with Crippen LogP contribution in [0.2, 0.25) is 0 Å². The number of rotatable bonds is 3. The lowest BCUT2D eigenvalue weighted by Gasteiger charge is -2.24. The Morgan fingerprint density at radius 3 is 2.38 bits per heavy atom. The van der Waals surface area contributed by atoms with E-state index >= 15 is 0 Å². The summed E-state index contributed by atoms with van der Waals surface area (Å²) < 4.78 is 15.4. The van der Waals surface area contributed by atoms with Crippen molar-refractivity contribution in [3.8, 4) is 0 Å². The van der Waals surface area contributed by atoms with Crippen molar-refractivity contribution in [1.82, 2.24) is 0 Å². The number of hydrogen-bond donors (Lipinski definition) is 1. The van der Waals surface area contributed by atoms with Gasteiger partial charge >= 0.3 is 0 Å². The summed E-state index contributed by atoms with van der Waals surface area (Å²) >= 11 is 4.10. The molecule has 0 spiro atoms. The first-order chi connectivity index (χ1) is 6.26. The Morgan fingerprint density at radius 1 is 1.54 bits per heavy atom. The van der Waals surface area contributed by atoms with Crippen molar-refractivity contribution >= 4 is 12.6 Å². The second-order valence-electron chi connectivity index (χ2n) is 2.26. The quantitative estimate of drug-likeness (QED) is 0.559. The Hall–Kier alpha value is -0.290. The molecule has 0 radical (unpaired) electrons. The Bertz CT molecular complexity index is 166. The molecule has 0 aliphatic carbocycles. The van der Waals surface area contributed by atoms with Crippen molar-refractivity contribution in [2.75, 3.05) is 20.0 Å². The van der Waals surface area contributed by atoms with Gasteiger partial charge in [0.1, 0.15) is 0 Å². The Labute approximate surface area is 84.8 Å². The molecule has 1 heterocycles. The van der Waals surface area contributed by atoms with Gasteiger partial charge in [-0.25, -0.2) is 0 Å². The van der Waals surface area contributed by atoms with Crippen LogP contribution in [0.15, 0.2) is 25.3 Å². The maximum absolute atomic E-state index is 5.36. The Kier molecular flexibility index (Phi) is 6.07. The third-order valence-corrected chi connectivity index (χ3v) is 2.06. The van der Waals surface area contributed by atoms with Gasteiger partial charge in [-0.15, -0.1) is 13.2 Å². The minimum Gasteiger partial charge on any atom is -0.352 e. The van der Waals surface area contributed by atoms with Crippen LogP contribution in [0.1, 0.15) is 0 Å². The van der Waals surface area contributed by atoms with E-state index in [1.165, 1.54) is 0 Å². The van der Waals surface area contributed by atoms with Gasteiger partial charge < -0.3 is 14.2 Å². The lowest BCUT2D eigenvalue weighted by molar-refractivity contribution is -0.229. The molecule has 0 fully saturated rings. The summed E-state index contributed by atoms with van der Waals surface area (Å²) in [4.78, 5) is 0. The fraction of sp³-hybridized carbons (Fsp3) is 0.556. The van der Waals surface area contributed by atoms with E-state index < -0.39 is 5.79 Å². The van der Waals surface area contributed by atoms with Crippen LogP contribution in [0.3, 0.4) is 0 Å². The molecule has 13 heavy (non-hydrogen) atoms. The summed E-state index contributed by atoms with van der Waals surface area (Å²) in [6.07, 6.45) is 3.32. The first-order valence-corrected chi connectivity index (χ1v) is 4.45. The highest BCUT2D eigenvalue weighted by atomic mass is 32.1. The average Bonchev–Trinajstić information content (AvgIpc) is 2.65. The zero-order valence-corrected chi connectivity index (χ0v) is 8.92. The van der Waals surface area contributed by atoms with Crippen molar-refractivity contribution in [2.45, 2.75) is 12.1 Å². The van der Waals surface area contributed by atoms with Crippen molar-refractivity contribution in [1.29, 1.82) is 0 Å². The van der Waals surface area contributed by atoms with Crippen LogP contribution < -0.4 is 0 Å². The van der Waals surface area contributed by atoms with Gasteiger partial charge in [-0.2, -0.15) is 12.6 Å². The number of methoxy groups -OCH3 is 2. The van der Waals surface area contributed by atoms with E-state index in [1.54, 1.807) is 20.3 Å². The van der Waals surface area contributed by atoms with Gasteiger partial charge in [-0.1, -0.05) is 0 Å². The fourth-order valence-corrected chi connectivity index (χ4v) is 1.21. The molecule has 4 heteroatoms. The van der Waals surface area contributed by atoms with Gasteiger partial charge in [-0.3, -0.25) is 0 Å². The molecule has 1 aliphatic heterocycles. The van der Waals surface area contributed by atoms with Crippen LogP contribution in [-0.4, -0.2) is 32.0 Å². The summed E-state index contributed by atoms with van der Waals surface area (Å²) in [5.41, 5.74) is 0. The van der Waals surface area contributed by atoms with Gasteiger partial charge in [-0.05, 0) is 12.2 Å². The predicted octanol–water partition coefficient (Wildman–Crippen LogP) is 1.62. The molecule has 0 N–H and O–H groups in total. The lowest BCUT2D eigenvalue weighted by Crippen LogP contribution is -2.34. The number of thiol groups is 1. The SMILES string of the molecule is C=C.COC1C=CC(CS)(OC)O1. The standard InChI is InChI=1S/C7H12O3S.C2H4/c1-8-6-3-4-7(5-11,9-2)10-6;1-2/h3-4,6,11H,5H2,1-2H3;1-2H2. The van der Waals surface area contributed by atoms with Crippen molar-refractivity contribution in [2.24, 2.45) is 0 Å². The highest BCUT2D eigenvalue weighted by molar-refractivity contribution is 7.80. The fourth-order valence-electron chi connectivity index (χ4n) is 0.898. The van der Waals surface area contributed by atoms with Gasteiger partial charge in [0.2, 0.25) is 0 Å². The molecule has 2 atom stereocenters. The molecule has 0 aromatic rings. The smallest absolute Gasteiger partial charge is 0.199 e. The van der Waals surface area contributed by atoms with Crippen LogP contribution in [0.5, 0.6) is 0 Å². The Balaban J connectivity index is 0.000000671. The maximum Gasteiger partial charge on any atom is 0.199 e. The van der Waals surface area contributed by atoms with Gasteiger partial charge in [0, 0.05) is 20.0 Å². The third kappa shape index (κ3) is 3.15. The van der Waals surface area contributed by atoms with Crippen molar-refractivity contribution in [3.63, 3.8) is 0 Å². The van der Waals surface area contributed by atoms with Crippen LogP contribution in [0, 0.1) is 0 Å². The van der Waals surface area contributed by atoms with E-state index in [-0.39, 0.29) is 6.29 Å². The molecule has 0 aromatic heterocycles. The number of ether oxygens (including phenoxy) is 3. The third-order valence-electron chi connectivity index (χ3n) is 1.62. The first kappa shape index (κ1) is 12.7. The molecule has 76 valence electrons. The van der Waals surface area contributed by atoms with E-state index in [1.807, 2.05) is 6.08 Å². The maximum atomic E-state index is 5.36. The predicted molar refractivity (Wildman–Crippen MR) is 55.9 cm³/mol. The molecule has 0 aromatic carbocycles. The molecule has 1 rings (SSSR count). The van der Waals surface area contributed by atoms with Crippen molar-refractivity contribution < 1.29 is 14.2 Å². The summed E-state index contributed by atoms with van der Waals surface area (Å²) in [6, 6.07) is 0. The molecule has 0 amide bonds. The summed E-state index contributed by atoms with van der Waals surface area (Å²) in [6.45, 7) is 6.00. The zero-order valence-electron chi connectivity index (χ0n) is 8.03. The van der Waals surface area contributed by atoms with Gasteiger partial charge in [0.15, 0.2) is 12.1 Å². The van der Waals surface area contributed by atoms with Crippen LogP contribution in [0.25, 0.3) is 0 Å². The van der Waals surface area contributed by atoms with E-state index in [2.05, 4.69) is 25.8 Å². The molecule has 3 nitrogen and oxygen atoms in total. The second-order valence-corrected chi connectivity index (χ2v) is 2.57. The van der Waals surface area contributed by atoms with Crippen molar-refractivity contribution in [3.05, 3.63) is 25.3 Å². The molecule has 0 saturated carbocycles. The highest BCUT2D eigenvalue weighted by Gasteiger charge is 2.34. The van der Waals surface area contributed by atoms with Crippen LogP contribution >= 0.6 is 12.6 Å². The van der Waals surface area contributed by atoms with E-state index in [4.69, 9.17) is 14.2 Å². The Morgan fingerprint density at radius 2 is 2.15 bits per heavy atom. The molecule has 2 unspecified atom stereocenters. The highest BCUT2D eigenvalue weighted by Crippen LogP contribution is 2.25. The van der Waals surface area contributed by atoms with E-state index in [0.717, 1.165) is 0 Å². The topological polar surface area (TPSA) is 27.7 Å². The molecular formula is C9H16O3S. The normalized spacial score (nSPS) is 31.2. The van der Waals surface area contributed by atoms with Crippen LogP contribution in [0.4, 0.5) is 0 Å². The molecular weight excluding hydrogens is 188 g/mol. The monoisotopic (exact) mass is 204 g/mol. The molecule has 0 bridgehead atoms. The summed E-state index contributed by atoms with van der Waals surface area (Å²) in [7, 11) is 3.16. The van der Waals surface area contributed by atoms with Gasteiger partial charge in [0.05, 0.1) is 0 Å². The van der Waals surface area contributed by atoms with Gasteiger partial charge in [0.25, 0.3) is 0 Å². The molecule has 1 aliphatic rings.